The third kappa shape index (κ3) is 7.18. The molecule has 3 amide bonds. The lowest BCUT2D eigenvalue weighted by molar-refractivity contribution is 0.102. The number of carbonyl (C=O) groups excluding carboxylic acids is 2. The van der Waals surface area contributed by atoms with Gasteiger partial charge in [-0.15, -0.1) is 11.3 Å². The second-order valence-electron chi connectivity index (χ2n) is 9.05. The number of rotatable bonds is 10. The maximum atomic E-state index is 13.3. The molecule has 0 aliphatic carbocycles. The van der Waals surface area contributed by atoms with Crippen LogP contribution < -0.4 is 21.7 Å². The summed E-state index contributed by atoms with van der Waals surface area (Å²) in [5.41, 5.74) is 9.96. The van der Waals surface area contributed by atoms with E-state index in [-0.39, 0.29) is 37.5 Å². The van der Waals surface area contributed by atoms with Gasteiger partial charge in [-0.1, -0.05) is 30.3 Å². The zero-order chi connectivity index (χ0) is 29.7. The van der Waals surface area contributed by atoms with Crippen LogP contribution >= 0.6 is 19.2 Å². The van der Waals surface area contributed by atoms with Crippen LogP contribution in [-0.4, -0.2) is 43.1 Å². The molecule has 0 spiro atoms. The van der Waals surface area contributed by atoms with Crippen LogP contribution in [-0.2, 0) is 22.2 Å². The number of nitrogen functional groups attached to an aromatic ring is 1. The monoisotopic (exact) mass is 607 g/mol. The average Bonchev–Trinajstić information content (AvgIpc) is 3.61. The number of amides is 3. The fourth-order valence-electron chi connectivity index (χ4n) is 4.16. The van der Waals surface area contributed by atoms with Gasteiger partial charge in [0, 0.05) is 56.9 Å². The summed E-state index contributed by atoms with van der Waals surface area (Å²) in [4.78, 5) is 47.5. The Morgan fingerprint density at radius 2 is 1.83 bits per heavy atom. The predicted molar refractivity (Wildman–Crippen MR) is 160 cm³/mol. The van der Waals surface area contributed by atoms with Gasteiger partial charge in [0.2, 0.25) is 0 Å². The van der Waals surface area contributed by atoms with Gasteiger partial charge in [-0.25, -0.2) is 14.3 Å². The number of benzene rings is 2. The number of para-hydroxylation sites is 1. The molecule has 0 unspecified atom stereocenters. The third-order valence-electron chi connectivity index (χ3n) is 6.06. The van der Waals surface area contributed by atoms with Crippen molar-refractivity contribution in [3.63, 3.8) is 0 Å². The highest BCUT2D eigenvalue weighted by atomic mass is 32.1. The Morgan fingerprint density at radius 3 is 2.62 bits per heavy atom. The molecule has 13 nitrogen and oxygen atoms in total. The van der Waals surface area contributed by atoms with E-state index >= 15 is 0 Å². The van der Waals surface area contributed by atoms with Crippen molar-refractivity contribution in [1.29, 1.82) is 0 Å². The number of nitrogens with one attached hydrogen (secondary N) is 3. The number of phosphoric ester groups is 1. The standard InChI is InChI=1S/C27H26N7O6PS/c28-25-23-22(16-42-24(23)21(14-29-25)18-13-31-34(15-18)9-10-40-41(37,38)39)26(35)32-20-8-4-5-17(11-20)12-30-27(36)33-19-6-2-1-3-7-19/h1-8,11,13-16H,9-10,12H2,(H2,28,29)(H,32,35)(H2,30,33,36)(H2,37,38,39). The molecule has 15 heteroatoms. The molecule has 0 radical (unpaired) electrons. The molecule has 216 valence electrons. The van der Waals surface area contributed by atoms with E-state index in [4.69, 9.17) is 15.5 Å². The van der Waals surface area contributed by atoms with Crippen LogP contribution in [0.3, 0.4) is 0 Å². The van der Waals surface area contributed by atoms with Crippen molar-refractivity contribution < 1.29 is 28.5 Å². The third-order valence-corrected chi connectivity index (χ3v) is 7.60. The van der Waals surface area contributed by atoms with Crippen LogP contribution in [0.1, 0.15) is 15.9 Å². The van der Waals surface area contributed by atoms with E-state index in [1.165, 1.54) is 16.0 Å². The highest BCUT2D eigenvalue weighted by molar-refractivity contribution is 7.46. The first-order chi connectivity index (χ1) is 20.2. The van der Waals surface area contributed by atoms with E-state index in [0.717, 1.165) is 10.3 Å². The van der Waals surface area contributed by atoms with Gasteiger partial charge in [0.1, 0.15) is 5.82 Å². The topological polar surface area (TPSA) is 194 Å². The van der Waals surface area contributed by atoms with Crippen molar-refractivity contribution in [2.24, 2.45) is 0 Å². The SMILES string of the molecule is Nc1ncc(-c2cnn(CCOP(=O)(O)O)c2)c2scc(C(=O)Nc3cccc(CNC(=O)Nc4ccccc4)c3)c12. The number of fused-ring (bicyclic) bond motifs is 1. The number of nitrogens with two attached hydrogens (primary N) is 1. The Labute approximate surface area is 243 Å². The van der Waals surface area contributed by atoms with E-state index in [0.29, 0.717) is 33.5 Å². The Bertz CT molecular complexity index is 1790. The molecule has 0 saturated carbocycles. The number of hydrogen-bond donors (Lipinski definition) is 6. The van der Waals surface area contributed by atoms with Crippen LogP contribution in [0.25, 0.3) is 21.2 Å². The van der Waals surface area contributed by atoms with Gasteiger partial charge < -0.3 is 31.5 Å². The number of hydrogen-bond acceptors (Lipinski definition) is 8. The summed E-state index contributed by atoms with van der Waals surface area (Å²) in [5, 5.41) is 14.9. The molecule has 5 aromatic rings. The summed E-state index contributed by atoms with van der Waals surface area (Å²) in [6.45, 7) is 0.159. The Hall–Kier alpha value is -4.59. The maximum Gasteiger partial charge on any atom is 0.469 e. The van der Waals surface area contributed by atoms with Gasteiger partial charge in [-0.2, -0.15) is 5.10 Å². The highest BCUT2D eigenvalue weighted by Gasteiger charge is 2.20. The fourth-order valence-corrected chi connectivity index (χ4v) is 5.57. The first kappa shape index (κ1) is 28.9. The van der Waals surface area contributed by atoms with Gasteiger partial charge in [0.15, 0.2) is 0 Å². The number of aromatic nitrogens is 3. The fraction of sp³-hybridized carbons (Fsp3) is 0.111. The molecule has 0 fully saturated rings. The summed E-state index contributed by atoms with van der Waals surface area (Å²) < 4.78 is 17.6. The predicted octanol–water partition coefficient (Wildman–Crippen LogP) is 4.43. The normalized spacial score (nSPS) is 11.4. The first-order valence-electron chi connectivity index (χ1n) is 12.5. The number of pyridine rings is 1. The Balaban J connectivity index is 1.27. The lowest BCUT2D eigenvalue weighted by Crippen LogP contribution is -2.28. The van der Waals surface area contributed by atoms with Crippen LogP contribution in [0, 0.1) is 0 Å². The second-order valence-corrected chi connectivity index (χ2v) is 11.2. The number of phosphoric acid groups is 1. The molecule has 5 rings (SSSR count). The van der Waals surface area contributed by atoms with Crippen LogP contribution in [0.5, 0.6) is 0 Å². The molecular formula is C27H26N7O6PS. The van der Waals surface area contributed by atoms with Gasteiger partial charge in [-0.05, 0) is 29.8 Å². The van der Waals surface area contributed by atoms with Gasteiger partial charge in [0.05, 0.1) is 24.9 Å². The van der Waals surface area contributed by atoms with E-state index in [9.17, 15) is 14.2 Å². The van der Waals surface area contributed by atoms with Crippen molar-refractivity contribution in [3.05, 3.63) is 89.7 Å². The van der Waals surface area contributed by atoms with Gasteiger partial charge in [-0.3, -0.25) is 14.0 Å². The van der Waals surface area contributed by atoms with E-state index < -0.39 is 7.82 Å². The Kier molecular flexibility index (Phi) is 8.61. The number of anilines is 3. The van der Waals surface area contributed by atoms with Gasteiger partial charge >= 0.3 is 13.9 Å². The molecular weight excluding hydrogens is 581 g/mol. The second kappa shape index (κ2) is 12.5. The zero-order valence-corrected chi connectivity index (χ0v) is 23.6. The van der Waals surface area contributed by atoms with Gasteiger partial charge in [0.25, 0.3) is 5.91 Å². The number of thiophene rings is 1. The zero-order valence-electron chi connectivity index (χ0n) is 21.9. The summed E-state index contributed by atoms with van der Waals surface area (Å²) in [5.74, 6) is -0.172. The number of nitrogens with zero attached hydrogens (tertiary/aromatic N) is 3. The van der Waals surface area contributed by atoms with Crippen molar-refractivity contribution >= 4 is 58.4 Å². The van der Waals surface area contributed by atoms with Crippen molar-refractivity contribution in [1.82, 2.24) is 20.1 Å². The van der Waals surface area contributed by atoms with Crippen LogP contribution in [0.2, 0.25) is 0 Å². The first-order valence-corrected chi connectivity index (χ1v) is 15.0. The van der Waals surface area contributed by atoms with Crippen molar-refractivity contribution in [2.45, 2.75) is 13.1 Å². The summed E-state index contributed by atoms with van der Waals surface area (Å²) >= 11 is 1.33. The van der Waals surface area contributed by atoms with Crippen molar-refractivity contribution in [3.8, 4) is 11.1 Å². The average molecular weight is 608 g/mol. The lowest BCUT2D eigenvalue weighted by atomic mass is 10.1. The molecule has 7 N–H and O–H groups in total. The lowest BCUT2D eigenvalue weighted by Gasteiger charge is -2.10. The summed E-state index contributed by atoms with van der Waals surface area (Å²) in [6.07, 6.45) is 4.87. The molecule has 0 atom stereocenters. The summed E-state index contributed by atoms with van der Waals surface area (Å²) in [7, 11) is -4.57. The van der Waals surface area contributed by atoms with E-state index in [1.807, 2.05) is 24.3 Å². The minimum atomic E-state index is -4.57. The molecule has 2 aromatic carbocycles. The smallest absolute Gasteiger partial charge is 0.383 e. The molecule has 3 aromatic heterocycles. The van der Waals surface area contributed by atoms with E-state index in [2.05, 4.69) is 30.6 Å². The molecule has 42 heavy (non-hydrogen) atoms. The molecule has 0 aliphatic rings. The molecule has 0 aliphatic heterocycles. The number of urea groups is 1. The summed E-state index contributed by atoms with van der Waals surface area (Å²) in [6, 6.07) is 15.9. The minimum absolute atomic E-state index is 0.126. The van der Waals surface area contributed by atoms with Crippen LogP contribution in [0.15, 0.2) is 78.6 Å². The molecule has 0 saturated heterocycles. The minimum Gasteiger partial charge on any atom is -0.383 e. The number of carbonyl (C=O) groups is 2. The van der Waals surface area contributed by atoms with Crippen molar-refractivity contribution in [2.75, 3.05) is 23.0 Å². The highest BCUT2D eigenvalue weighted by Crippen LogP contribution is 2.38. The molecule has 3 heterocycles. The molecule has 0 bridgehead atoms. The quantitative estimate of drug-likeness (QED) is 0.125. The van der Waals surface area contributed by atoms with Crippen LogP contribution in [0.4, 0.5) is 22.0 Å². The maximum absolute atomic E-state index is 13.3. The largest absolute Gasteiger partial charge is 0.469 e. The van der Waals surface area contributed by atoms with E-state index in [1.54, 1.807) is 54.3 Å². The Morgan fingerprint density at radius 1 is 1.05 bits per heavy atom.